The van der Waals surface area contributed by atoms with Crippen molar-refractivity contribution in [3.63, 3.8) is 0 Å². The molecule has 1 aliphatic rings. The van der Waals surface area contributed by atoms with Gasteiger partial charge in [-0.15, -0.1) is 10.2 Å². The van der Waals surface area contributed by atoms with Gasteiger partial charge in [0.15, 0.2) is 0 Å². The maximum absolute atomic E-state index is 12.2. The van der Waals surface area contributed by atoms with Gasteiger partial charge in [0, 0.05) is 19.5 Å². The quantitative estimate of drug-likeness (QED) is 0.674. The first kappa shape index (κ1) is 19.3. The minimum atomic E-state index is -0.385. The van der Waals surface area contributed by atoms with Gasteiger partial charge in [-0.3, -0.25) is 19.3 Å². The molecule has 0 bridgehead atoms. The number of amides is 2. The molecule has 3 N–H and O–H groups in total. The maximum Gasteiger partial charge on any atom is 0.290 e. The topological polar surface area (TPSA) is 133 Å². The summed E-state index contributed by atoms with van der Waals surface area (Å²) >= 11 is 1.34. The lowest BCUT2D eigenvalue weighted by molar-refractivity contribution is -0.126. The van der Waals surface area contributed by atoms with Gasteiger partial charge in [-0.25, -0.2) is 0 Å². The Balaban J connectivity index is 0.000000758. The van der Waals surface area contributed by atoms with Crippen molar-refractivity contribution < 1.29 is 24.6 Å². The average Bonchev–Trinajstić information content (AvgIpc) is 3.20. The number of carboxylic acid groups (broad SMARTS) is 1. The molecule has 2 amide bonds. The number of aryl methyl sites for hydroxylation is 1. The Kier molecular flexibility index (Phi) is 6.61. The van der Waals surface area contributed by atoms with E-state index < -0.39 is 0 Å². The van der Waals surface area contributed by atoms with Crippen LogP contribution in [0.5, 0.6) is 5.75 Å². The van der Waals surface area contributed by atoms with Crippen LogP contribution in [0.2, 0.25) is 0 Å². The fourth-order valence-electron chi connectivity index (χ4n) is 2.41. The van der Waals surface area contributed by atoms with Crippen LogP contribution >= 0.6 is 11.3 Å². The van der Waals surface area contributed by atoms with Gasteiger partial charge >= 0.3 is 0 Å². The van der Waals surface area contributed by atoms with Crippen molar-refractivity contribution in [1.29, 1.82) is 0 Å². The van der Waals surface area contributed by atoms with Gasteiger partial charge in [0.25, 0.3) is 6.47 Å². The molecular formula is C16H18N4O5S. The molecule has 138 valence electrons. The molecular weight excluding hydrogens is 360 g/mol. The first-order valence-corrected chi connectivity index (χ1v) is 8.50. The van der Waals surface area contributed by atoms with Crippen molar-refractivity contribution in [2.75, 3.05) is 11.4 Å². The number of nitrogens with zero attached hydrogens (tertiary/aromatic N) is 3. The van der Waals surface area contributed by atoms with Crippen molar-refractivity contribution in [1.82, 2.24) is 15.5 Å². The van der Waals surface area contributed by atoms with Gasteiger partial charge in [0.05, 0.1) is 5.92 Å². The van der Waals surface area contributed by atoms with Crippen LogP contribution in [0.3, 0.4) is 0 Å². The monoisotopic (exact) mass is 378 g/mol. The van der Waals surface area contributed by atoms with Crippen LogP contribution in [0.15, 0.2) is 24.3 Å². The fourth-order valence-corrected chi connectivity index (χ4v) is 3.12. The highest BCUT2D eigenvalue weighted by Crippen LogP contribution is 2.27. The zero-order valence-corrected chi connectivity index (χ0v) is 14.8. The number of aromatic nitrogens is 2. The highest BCUT2D eigenvalue weighted by atomic mass is 32.1. The summed E-state index contributed by atoms with van der Waals surface area (Å²) in [5, 5.41) is 28.1. The van der Waals surface area contributed by atoms with Crippen molar-refractivity contribution in [3.05, 3.63) is 34.8 Å². The van der Waals surface area contributed by atoms with Gasteiger partial charge in [0.2, 0.25) is 16.9 Å². The number of rotatable bonds is 4. The van der Waals surface area contributed by atoms with Crippen LogP contribution < -0.4 is 10.2 Å². The van der Waals surface area contributed by atoms with E-state index in [1.54, 1.807) is 24.3 Å². The molecule has 0 aliphatic carbocycles. The second-order valence-corrected chi connectivity index (χ2v) is 6.66. The van der Waals surface area contributed by atoms with Crippen molar-refractivity contribution in [3.8, 4) is 5.75 Å². The smallest absolute Gasteiger partial charge is 0.290 e. The molecule has 0 radical (unpaired) electrons. The van der Waals surface area contributed by atoms with E-state index >= 15 is 0 Å². The first-order chi connectivity index (χ1) is 12.4. The molecule has 10 heteroatoms. The lowest BCUT2D eigenvalue weighted by atomic mass is 10.1. The predicted octanol–water partition coefficient (Wildman–Crippen LogP) is 0.922. The number of carbonyl (C=O) groups excluding carboxylic acids is 2. The number of benzene rings is 1. The second-order valence-electron chi connectivity index (χ2n) is 5.50. The number of anilines is 1. The van der Waals surface area contributed by atoms with Crippen LogP contribution in [-0.2, 0) is 20.9 Å². The Hall–Kier alpha value is -3.01. The van der Waals surface area contributed by atoms with E-state index in [1.165, 1.54) is 16.2 Å². The normalized spacial score (nSPS) is 16.0. The fraction of sp³-hybridized carbons (Fsp3) is 0.312. The Labute approximate surface area is 153 Å². The number of aromatic hydroxyl groups is 1. The van der Waals surface area contributed by atoms with Crippen molar-refractivity contribution in [2.45, 2.75) is 19.9 Å². The maximum atomic E-state index is 12.2. The predicted molar refractivity (Wildman–Crippen MR) is 93.8 cm³/mol. The van der Waals surface area contributed by atoms with Crippen molar-refractivity contribution in [2.24, 2.45) is 5.92 Å². The number of phenols is 1. The number of hydrogen-bond acceptors (Lipinski definition) is 7. The van der Waals surface area contributed by atoms with E-state index in [-0.39, 0.29) is 36.4 Å². The van der Waals surface area contributed by atoms with Crippen LogP contribution in [0, 0.1) is 12.8 Å². The van der Waals surface area contributed by atoms with E-state index in [2.05, 4.69) is 15.5 Å². The van der Waals surface area contributed by atoms with Crippen LogP contribution in [-0.4, -0.2) is 45.2 Å². The third-order valence-electron chi connectivity index (χ3n) is 3.65. The highest BCUT2D eigenvalue weighted by molar-refractivity contribution is 7.15. The molecule has 9 nitrogen and oxygen atoms in total. The van der Waals surface area contributed by atoms with E-state index in [9.17, 15) is 14.7 Å². The standard InChI is InChI=1S/C15H16N4O3S.CH2O2/c1-9-17-18-15(23-9)19-8-11(6-13(19)21)14(22)16-7-10-2-4-12(20)5-3-10;2-1-3/h2-5,11,20H,6-8H2,1H3,(H,16,22);1H,(H,2,3). The lowest BCUT2D eigenvalue weighted by Gasteiger charge is -2.12. The summed E-state index contributed by atoms with van der Waals surface area (Å²) in [6.45, 7) is 2.26. The zero-order chi connectivity index (χ0) is 19.1. The Bertz CT molecular complexity index is 777. The first-order valence-electron chi connectivity index (χ1n) is 7.68. The summed E-state index contributed by atoms with van der Waals surface area (Å²) in [6, 6.07) is 6.62. The minimum Gasteiger partial charge on any atom is -0.508 e. The molecule has 1 aromatic carbocycles. The average molecular weight is 378 g/mol. The zero-order valence-electron chi connectivity index (χ0n) is 14.0. The molecule has 1 atom stereocenters. The summed E-state index contributed by atoms with van der Waals surface area (Å²) in [5.74, 6) is -0.464. The van der Waals surface area contributed by atoms with E-state index in [0.717, 1.165) is 10.6 Å². The van der Waals surface area contributed by atoms with Gasteiger partial charge in [0.1, 0.15) is 10.8 Å². The van der Waals surface area contributed by atoms with Crippen LogP contribution in [0.4, 0.5) is 5.13 Å². The van der Waals surface area contributed by atoms with E-state index in [0.29, 0.717) is 18.2 Å². The Morgan fingerprint density at radius 3 is 2.62 bits per heavy atom. The van der Waals surface area contributed by atoms with Gasteiger partial charge in [-0.2, -0.15) is 0 Å². The van der Waals surface area contributed by atoms with Crippen LogP contribution in [0.1, 0.15) is 17.0 Å². The molecule has 1 unspecified atom stereocenters. The Morgan fingerprint density at radius 1 is 1.38 bits per heavy atom. The van der Waals surface area contributed by atoms with Gasteiger partial charge < -0.3 is 15.5 Å². The number of carbonyl (C=O) groups is 3. The molecule has 1 saturated heterocycles. The summed E-state index contributed by atoms with van der Waals surface area (Å²) in [5.41, 5.74) is 0.886. The van der Waals surface area contributed by atoms with E-state index in [4.69, 9.17) is 9.90 Å². The molecule has 0 spiro atoms. The van der Waals surface area contributed by atoms with Gasteiger partial charge in [-0.05, 0) is 24.6 Å². The number of phenolic OH excluding ortho intramolecular Hbond substituents is 1. The van der Waals surface area contributed by atoms with E-state index in [1.807, 2.05) is 6.92 Å². The van der Waals surface area contributed by atoms with Gasteiger partial charge in [-0.1, -0.05) is 23.5 Å². The molecule has 3 rings (SSSR count). The van der Waals surface area contributed by atoms with Crippen molar-refractivity contribution >= 4 is 34.8 Å². The molecule has 26 heavy (non-hydrogen) atoms. The minimum absolute atomic E-state index is 0.106. The summed E-state index contributed by atoms with van der Waals surface area (Å²) in [6.07, 6.45) is 0.181. The second kappa shape index (κ2) is 8.90. The Morgan fingerprint density at radius 2 is 2.04 bits per heavy atom. The summed E-state index contributed by atoms with van der Waals surface area (Å²) < 4.78 is 0. The van der Waals surface area contributed by atoms with Crippen LogP contribution in [0.25, 0.3) is 0 Å². The lowest BCUT2D eigenvalue weighted by Crippen LogP contribution is -2.32. The number of nitrogens with one attached hydrogen (secondary N) is 1. The SMILES string of the molecule is Cc1nnc(N2CC(C(=O)NCc3ccc(O)cc3)CC2=O)s1.O=CO. The molecule has 1 aromatic heterocycles. The largest absolute Gasteiger partial charge is 0.508 e. The molecule has 1 fully saturated rings. The molecule has 2 heterocycles. The third-order valence-corrected chi connectivity index (χ3v) is 4.51. The highest BCUT2D eigenvalue weighted by Gasteiger charge is 2.36. The third kappa shape index (κ3) is 4.99. The summed E-state index contributed by atoms with van der Waals surface area (Å²) in [7, 11) is 0. The number of hydrogen-bond donors (Lipinski definition) is 3. The molecule has 1 aliphatic heterocycles. The molecule has 2 aromatic rings. The molecule has 0 saturated carbocycles. The summed E-state index contributed by atoms with van der Waals surface area (Å²) in [4.78, 5) is 34.2.